The van der Waals surface area contributed by atoms with Crippen LogP contribution in [0.5, 0.6) is 0 Å². The van der Waals surface area contributed by atoms with Crippen molar-refractivity contribution in [2.45, 2.75) is 12.5 Å². The molecule has 0 radical (unpaired) electrons. The van der Waals surface area contributed by atoms with Gasteiger partial charge >= 0.3 is 6.03 Å². The molecule has 9 nitrogen and oxygen atoms in total. The van der Waals surface area contributed by atoms with Crippen molar-refractivity contribution in [2.24, 2.45) is 11.8 Å². The number of pyridine rings is 1. The van der Waals surface area contributed by atoms with Gasteiger partial charge in [-0.25, -0.2) is 4.79 Å². The number of methoxy groups -OCH3 is 1. The monoisotopic (exact) mass is 408 g/mol. The quantitative estimate of drug-likeness (QED) is 0.738. The van der Waals surface area contributed by atoms with Crippen molar-refractivity contribution in [2.75, 3.05) is 20.2 Å². The number of carbonyl (C=O) groups is 3. The van der Waals surface area contributed by atoms with E-state index in [0.717, 1.165) is 11.1 Å². The molecule has 5 rings (SSSR count). The van der Waals surface area contributed by atoms with Crippen molar-refractivity contribution < 1.29 is 23.5 Å². The van der Waals surface area contributed by atoms with E-state index in [1.165, 1.54) is 0 Å². The Kier molecular flexibility index (Phi) is 3.96. The second kappa shape index (κ2) is 6.45. The maximum atomic E-state index is 13.1. The molecule has 9 heteroatoms. The number of rotatable bonds is 4. The first-order valence-corrected chi connectivity index (χ1v) is 9.63. The molecule has 2 aromatic heterocycles. The van der Waals surface area contributed by atoms with E-state index in [1.54, 1.807) is 36.4 Å². The molecular formula is C21H20N4O5. The molecule has 30 heavy (non-hydrogen) atoms. The highest BCUT2D eigenvalue weighted by Gasteiger charge is 2.54. The smallest absolute Gasteiger partial charge is 0.322 e. The van der Waals surface area contributed by atoms with Crippen molar-refractivity contribution in [3.05, 3.63) is 53.8 Å². The molecule has 154 valence electrons. The van der Waals surface area contributed by atoms with Gasteiger partial charge in [0.1, 0.15) is 17.1 Å². The first-order valence-electron chi connectivity index (χ1n) is 9.63. The molecule has 2 saturated heterocycles. The Morgan fingerprint density at radius 2 is 2.20 bits per heavy atom. The Hall–Kier alpha value is -3.62. The van der Waals surface area contributed by atoms with Gasteiger partial charge in [-0.3, -0.25) is 19.9 Å². The third-order valence-corrected chi connectivity index (χ3v) is 6.01. The maximum absolute atomic E-state index is 13.1. The first kappa shape index (κ1) is 18.4. The average molecular weight is 408 g/mol. The maximum Gasteiger partial charge on any atom is 0.322 e. The van der Waals surface area contributed by atoms with Crippen LogP contribution in [0.2, 0.25) is 0 Å². The lowest BCUT2D eigenvalue weighted by atomic mass is 9.91. The van der Waals surface area contributed by atoms with Crippen molar-refractivity contribution in [3.8, 4) is 0 Å². The van der Waals surface area contributed by atoms with E-state index < -0.39 is 17.5 Å². The van der Waals surface area contributed by atoms with Crippen LogP contribution in [0, 0.1) is 18.8 Å². The lowest BCUT2D eigenvalue weighted by Gasteiger charge is -2.29. The summed E-state index contributed by atoms with van der Waals surface area (Å²) in [4.78, 5) is 43.9. The van der Waals surface area contributed by atoms with Gasteiger partial charge < -0.3 is 19.4 Å². The zero-order valence-electron chi connectivity index (χ0n) is 16.5. The van der Waals surface area contributed by atoms with E-state index in [9.17, 15) is 14.4 Å². The van der Waals surface area contributed by atoms with Gasteiger partial charge in [-0.15, -0.1) is 0 Å². The Morgan fingerprint density at radius 1 is 1.37 bits per heavy atom. The van der Waals surface area contributed by atoms with Crippen LogP contribution in [0.3, 0.4) is 0 Å². The molecule has 0 bridgehead atoms. The fraction of sp³-hybridized carbons (Fsp3) is 0.333. The topological polar surface area (TPSA) is 114 Å². The van der Waals surface area contributed by atoms with Gasteiger partial charge in [-0.2, -0.15) is 0 Å². The molecule has 2 aliphatic heterocycles. The van der Waals surface area contributed by atoms with E-state index in [-0.39, 0.29) is 30.0 Å². The van der Waals surface area contributed by atoms with Crippen LogP contribution in [-0.2, 0) is 19.9 Å². The second-order valence-electron chi connectivity index (χ2n) is 7.77. The molecule has 2 unspecified atom stereocenters. The molecule has 4 heterocycles. The number of allylic oxidation sites excluding steroid dienone is 1. The minimum absolute atomic E-state index is 0.0178. The molecule has 2 fully saturated rings. The van der Waals surface area contributed by atoms with E-state index >= 15 is 0 Å². The Labute approximate surface area is 171 Å². The minimum Gasteiger partial charge on any atom is -0.497 e. The van der Waals surface area contributed by atoms with Gasteiger partial charge in [0.05, 0.1) is 19.6 Å². The zero-order valence-corrected chi connectivity index (χ0v) is 16.5. The van der Waals surface area contributed by atoms with Gasteiger partial charge in [0, 0.05) is 29.7 Å². The van der Waals surface area contributed by atoms with Crippen molar-refractivity contribution in [3.63, 3.8) is 0 Å². The van der Waals surface area contributed by atoms with Crippen LogP contribution in [0.25, 0.3) is 11.0 Å². The van der Waals surface area contributed by atoms with Crippen LogP contribution < -0.4 is 10.6 Å². The fourth-order valence-electron chi connectivity index (χ4n) is 4.41. The summed E-state index contributed by atoms with van der Waals surface area (Å²) in [5.74, 6) is -0.152. The van der Waals surface area contributed by atoms with Gasteiger partial charge in [0.25, 0.3) is 5.91 Å². The van der Waals surface area contributed by atoms with Crippen LogP contribution >= 0.6 is 0 Å². The average Bonchev–Trinajstić information content (AvgIpc) is 3.38. The van der Waals surface area contributed by atoms with Crippen molar-refractivity contribution >= 4 is 28.8 Å². The van der Waals surface area contributed by atoms with Gasteiger partial charge in [-0.1, -0.05) is 6.08 Å². The largest absolute Gasteiger partial charge is 0.497 e. The number of carbonyl (C=O) groups excluding carboxylic acids is 3. The molecule has 1 aliphatic carbocycles. The standard InChI is InChI=1S/C21H20N4O5/c1-11-14-8-17(30-16(14)5-6-22-11)21(19(27)23-20(28)24-21)10-25-9-12-3-4-13(29-2)7-15(12)18(25)26/h3-8,12,15H,9-10H2,1-2H3,(H2,23,24,27,28)/t12?,15?,21-/m0/s1. The van der Waals surface area contributed by atoms with Crippen LogP contribution in [-0.4, -0.2) is 47.9 Å². The molecule has 0 saturated carbocycles. The highest BCUT2D eigenvalue weighted by Crippen LogP contribution is 2.37. The third kappa shape index (κ3) is 2.62. The van der Waals surface area contributed by atoms with E-state index in [4.69, 9.17) is 9.15 Å². The number of urea groups is 1. The minimum atomic E-state index is -1.51. The summed E-state index contributed by atoms with van der Waals surface area (Å²) in [6, 6.07) is 2.78. The van der Waals surface area contributed by atoms with E-state index in [2.05, 4.69) is 15.6 Å². The summed E-state index contributed by atoms with van der Waals surface area (Å²) >= 11 is 0. The second-order valence-corrected chi connectivity index (χ2v) is 7.77. The normalized spacial score (nSPS) is 27.9. The number of fused-ring (bicyclic) bond motifs is 2. The molecule has 0 aromatic carbocycles. The summed E-state index contributed by atoms with van der Waals surface area (Å²) in [5, 5.41) is 5.73. The van der Waals surface area contributed by atoms with E-state index in [1.807, 2.05) is 19.1 Å². The van der Waals surface area contributed by atoms with Crippen molar-refractivity contribution in [1.29, 1.82) is 0 Å². The number of aromatic nitrogens is 1. The Balaban J connectivity index is 1.53. The highest BCUT2D eigenvalue weighted by molar-refractivity contribution is 6.08. The number of hydrogen-bond acceptors (Lipinski definition) is 6. The van der Waals surface area contributed by atoms with Crippen LogP contribution in [0.4, 0.5) is 4.79 Å². The van der Waals surface area contributed by atoms with Gasteiger partial charge in [0.15, 0.2) is 5.54 Å². The number of nitrogens with one attached hydrogen (secondary N) is 2. The van der Waals surface area contributed by atoms with Crippen molar-refractivity contribution in [1.82, 2.24) is 20.5 Å². The predicted molar refractivity (Wildman–Crippen MR) is 105 cm³/mol. The molecular weight excluding hydrogens is 388 g/mol. The predicted octanol–water partition coefficient (Wildman–Crippen LogP) is 1.35. The molecule has 3 aliphatic rings. The Bertz CT molecular complexity index is 1150. The third-order valence-electron chi connectivity index (χ3n) is 6.01. The molecule has 2 N–H and O–H groups in total. The number of amides is 4. The lowest BCUT2D eigenvalue weighted by molar-refractivity contribution is -0.133. The number of likely N-dealkylation sites (tertiary alicyclic amines) is 1. The zero-order chi connectivity index (χ0) is 21.0. The van der Waals surface area contributed by atoms with Gasteiger partial charge in [-0.05, 0) is 31.2 Å². The number of ether oxygens (including phenoxy) is 1. The number of furan rings is 1. The summed E-state index contributed by atoms with van der Waals surface area (Å²) in [6.07, 6.45) is 7.19. The number of imide groups is 1. The molecule has 0 spiro atoms. The summed E-state index contributed by atoms with van der Waals surface area (Å²) in [5.41, 5.74) is -0.209. The van der Waals surface area contributed by atoms with Crippen LogP contribution in [0.1, 0.15) is 11.5 Å². The molecule has 4 amide bonds. The van der Waals surface area contributed by atoms with Crippen LogP contribution in [0.15, 0.2) is 46.7 Å². The summed E-state index contributed by atoms with van der Waals surface area (Å²) in [6.45, 7) is 2.23. The fourth-order valence-corrected chi connectivity index (χ4v) is 4.41. The first-order chi connectivity index (χ1) is 14.4. The van der Waals surface area contributed by atoms with E-state index in [0.29, 0.717) is 17.9 Å². The molecule has 3 atom stereocenters. The number of nitrogens with zero attached hydrogens (tertiary/aromatic N) is 2. The number of hydrogen-bond donors (Lipinski definition) is 2. The summed E-state index contributed by atoms with van der Waals surface area (Å²) < 4.78 is 11.2. The lowest BCUT2D eigenvalue weighted by Crippen LogP contribution is -2.53. The SMILES string of the molecule is COC1=CC2C(=O)N(C[C@@]3(c4cc5c(C)nccc5o4)NC(=O)NC3=O)CC2C=C1. The van der Waals surface area contributed by atoms with Gasteiger partial charge in [0.2, 0.25) is 5.91 Å². The highest BCUT2D eigenvalue weighted by atomic mass is 16.5. The Morgan fingerprint density at radius 3 is 2.90 bits per heavy atom. The molecule has 2 aromatic rings. The number of aryl methyl sites for hydroxylation is 1. The summed E-state index contributed by atoms with van der Waals surface area (Å²) in [7, 11) is 1.56.